The third kappa shape index (κ3) is 4.74. The van der Waals surface area contributed by atoms with Gasteiger partial charge < -0.3 is 15.3 Å². The summed E-state index contributed by atoms with van der Waals surface area (Å²) >= 11 is 5.88. The third-order valence-corrected chi connectivity index (χ3v) is 3.10. The molecule has 20 heavy (non-hydrogen) atoms. The number of aliphatic carboxylic acids is 1. The molecule has 0 aliphatic heterocycles. The zero-order chi connectivity index (χ0) is 15.3. The molecule has 0 saturated carbocycles. The Morgan fingerprint density at radius 1 is 1.40 bits per heavy atom. The minimum Gasteiger partial charge on any atom is -0.480 e. The molecule has 0 aliphatic rings. The van der Waals surface area contributed by atoms with Gasteiger partial charge in [0.05, 0.1) is 0 Å². The van der Waals surface area contributed by atoms with Gasteiger partial charge in [0.2, 0.25) is 0 Å². The van der Waals surface area contributed by atoms with Crippen LogP contribution in [0.5, 0.6) is 0 Å². The molecule has 0 heterocycles. The van der Waals surface area contributed by atoms with Gasteiger partial charge in [-0.25, -0.2) is 9.59 Å². The standard InChI is InChI=1S/C14H19ClN2O3/c1-9(2)12(13(18)19)16-14(20)17(3)8-10-5-4-6-11(15)7-10/h4-7,9,12H,8H2,1-3H3,(H,16,20)(H,18,19)/t12-/m0/s1. The van der Waals surface area contributed by atoms with Crippen LogP contribution >= 0.6 is 11.6 Å². The first-order chi connectivity index (χ1) is 9.31. The number of carboxylic acid groups (broad SMARTS) is 1. The lowest BCUT2D eigenvalue weighted by Crippen LogP contribution is -2.48. The third-order valence-electron chi connectivity index (χ3n) is 2.87. The Morgan fingerprint density at radius 2 is 2.05 bits per heavy atom. The number of amides is 2. The van der Waals surface area contributed by atoms with Crippen molar-refractivity contribution in [1.29, 1.82) is 0 Å². The lowest BCUT2D eigenvalue weighted by molar-refractivity contribution is -0.140. The quantitative estimate of drug-likeness (QED) is 0.878. The molecule has 1 atom stereocenters. The highest BCUT2D eigenvalue weighted by Crippen LogP contribution is 2.12. The average Bonchev–Trinajstić information content (AvgIpc) is 2.34. The molecule has 0 fully saturated rings. The summed E-state index contributed by atoms with van der Waals surface area (Å²) in [5, 5.41) is 12.2. The predicted octanol–water partition coefficient (Wildman–Crippen LogP) is 2.59. The van der Waals surface area contributed by atoms with Crippen LogP contribution in [0.4, 0.5) is 4.79 Å². The van der Waals surface area contributed by atoms with Crippen molar-refractivity contribution in [3.05, 3.63) is 34.9 Å². The van der Waals surface area contributed by atoms with Crippen LogP contribution in [-0.4, -0.2) is 35.1 Å². The van der Waals surface area contributed by atoms with Gasteiger partial charge in [-0.2, -0.15) is 0 Å². The van der Waals surface area contributed by atoms with E-state index >= 15 is 0 Å². The van der Waals surface area contributed by atoms with Crippen LogP contribution in [-0.2, 0) is 11.3 Å². The lowest BCUT2D eigenvalue weighted by Gasteiger charge is -2.23. The van der Waals surface area contributed by atoms with Gasteiger partial charge in [0.15, 0.2) is 0 Å². The fourth-order valence-electron chi connectivity index (χ4n) is 1.74. The molecule has 0 unspecified atom stereocenters. The maximum atomic E-state index is 12.0. The van der Waals surface area contributed by atoms with E-state index in [9.17, 15) is 9.59 Å². The molecule has 1 aromatic rings. The monoisotopic (exact) mass is 298 g/mol. The lowest BCUT2D eigenvalue weighted by atomic mass is 10.1. The number of carbonyl (C=O) groups excluding carboxylic acids is 1. The Labute approximate surface area is 123 Å². The molecule has 1 rings (SSSR count). The minimum atomic E-state index is -1.04. The normalized spacial score (nSPS) is 12.1. The molecule has 1 aromatic carbocycles. The number of benzene rings is 1. The van der Waals surface area contributed by atoms with E-state index < -0.39 is 18.0 Å². The van der Waals surface area contributed by atoms with Gasteiger partial charge in [0, 0.05) is 18.6 Å². The fourth-order valence-corrected chi connectivity index (χ4v) is 1.95. The first-order valence-corrected chi connectivity index (χ1v) is 6.68. The van der Waals surface area contributed by atoms with Crippen molar-refractivity contribution >= 4 is 23.6 Å². The summed E-state index contributed by atoms with van der Waals surface area (Å²) in [6.45, 7) is 3.85. The summed E-state index contributed by atoms with van der Waals surface area (Å²) in [4.78, 5) is 24.4. The number of urea groups is 1. The molecule has 0 aromatic heterocycles. The highest BCUT2D eigenvalue weighted by atomic mass is 35.5. The Balaban J connectivity index is 2.65. The van der Waals surface area contributed by atoms with E-state index in [1.807, 2.05) is 6.07 Å². The maximum Gasteiger partial charge on any atom is 0.326 e. The molecule has 2 N–H and O–H groups in total. The second-order valence-corrected chi connectivity index (χ2v) is 5.43. The van der Waals surface area contributed by atoms with Crippen LogP contribution in [0.2, 0.25) is 5.02 Å². The van der Waals surface area contributed by atoms with Crippen LogP contribution < -0.4 is 5.32 Å². The van der Waals surface area contributed by atoms with Crippen molar-refractivity contribution in [2.45, 2.75) is 26.4 Å². The van der Waals surface area contributed by atoms with Gasteiger partial charge in [0.1, 0.15) is 6.04 Å². The molecule has 5 nitrogen and oxygen atoms in total. The summed E-state index contributed by atoms with van der Waals surface area (Å²) in [6.07, 6.45) is 0. The SMILES string of the molecule is CC(C)[C@H](NC(=O)N(C)Cc1cccc(Cl)c1)C(=O)O. The highest BCUT2D eigenvalue weighted by Gasteiger charge is 2.24. The first-order valence-electron chi connectivity index (χ1n) is 6.30. The molecular weight excluding hydrogens is 280 g/mol. The summed E-state index contributed by atoms with van der Waals surface area (Å²) in [7, 11) is 1.61. The zero-order valence-electron chi connectivity index (χ0n) is 11.8. The Kier molecular flexibility index (Phi) is 5.82. The van der Waals surface area contributed by atoms with E-state index in [4.69, 9.17) is 16.7 Å². The molecule has 0 spiro atoms. The Bertz CT molecular complexity index is 491. The Hall–Kier alpha value is -1.75. The van der Waals surface area contributed by atoms with Gasteiger partial charge in [-0.15, -0.1) is 0 Å². The molecule has 110 valence electrons. The molecule has 6 heteroatoms. The van der Waals surface area contributed by atoms with Crippen molar-refractivity contribution in [3.8, 4) is 0 Å². The van der Waals surface area contributed by atoms with Crippen molar-refractivity contribution < 1.29 is 14.7 Å². The second kappa shape index (κ2) is 7.14. The number of nitrogens with zero attached hydrogens (tertiary/aromatic N) is 1. The number of carboxylic acids is 1. The van der Waals surface area contributed by atoms with Crippen molar-refractivity contribution in [3.63, 3.8) is 0 Å². The van der Waals surface area contributed by atoms with E-state index in [0.717, 1.165) is 5.56 Å². The van der Waals surface area contributed by atoms with Gasteiger partial charge in [0.25, 0.3) is 0 Å². The molecule has 0 aliphatic carbocycles. The summed E-state index contributed by atoms with van der Waals surface area (Å²) < 4.78 is 0. The van der Waals surface area contributed by atoms with Crippen LogP contribution in [0.1, 0.15) is 19.4 Å². The van der Waals surface area contributed by atoms with E-state index in [1.54, 1.807) is 39.1 Å². The maximum absolute atomic E-state index is 12.0. The molecule has 0 saturated heterocycles. The number of carbonyl (C=O) groups is 2. The van der Waals surface area contributed by atoms with E-state index in [0.29, 0.717) is 11.6 Å². The number of rotatable bonds is 5. The van der Waals surface area contributed by atoms with Gasteiger partial charge in [-0.3, -0.25) is 0 Å². The first kappa shape index (κ1) is 16.3. The molecular formula is C14H19ClN2O3. The smallest absolute Gasteiger partial charge is 0.326 e. The van der Waals surface area contributed by atoms with Gasteiger partial charge in [-0.1, -0.05) is 37.6 Å². The van der Waals surface area contributed by atoms with Crippen LogP contribution in [0.25, 0.3) is 0 Å². The largest absolute Gasteiger partial charge is 0.480 e. The topological polar surface area (TPSA) is 69.6 Å². The predicted molar refractivity (Wildman–Crippen MR) is 77.7 cm³/mol. The molecule has 2 amide bonds. The highest BCUT2D eigenvalue weighted by molar-refractivity contribution is 6.30. The Morgan fingerprint density at radius 3 is 2.55 bits per heavy atom. The number of nitrogens with one attached hydrogen (secondary N) is 1. The van der Waals surface area contributed by atoms with E-state index in [1.165, 1.54) is 4.90 Å². The van der Waals surface area contributed by atoms with Crippen molar-refractivity contribution in [2.75, 3.05) is 7.05 Å². The summed E-state index contributed by atoms with van der Waals surface area (Å²) in [6, 6.07) is 5.85. The van der Waals surface area contributed by atoms with Crippen LogP contribution in [0, 0.1) is 5.92 Å². The van der Waals surface area contributed by atoms with Crippen LogP contribution in [0.15, 0.2) is 24.3 Å². The fraction of sp³-hybridized carbons (Fsp3) is 0.429. The number of hydrogen-bond donors (Lipinski definition) is 2. The minimum absolute atomic E-state index is 0.184. The molecule has 0 radical (unpaired) electrons. The summed E-state index contributed by atoms with van der Waals surface area (Å²) in [5.41, 5.74) is 0.881. The zero-order valence-corrected chi connectivity index (χ0v) is 12.5. The van der Waals surface area contributed by atoms with Gasteiger partial charge >= 0.3 is 12.0 Å². The number of hydrogen-bond acceptors (Lipinski definition) is 2. The second-order valence-electron chi connectivity index (χ2n) is 5.00. The van der Waals surface area contributed by atoms with Crippen LogP contribution in [0.3, 0.4) is 0 Å². The van der Waals surface area contributed by atoms with Crippen molar-refractivity contribution in [1.82, 2.24) is 10.2 Å². The number of halogens is 1. The molecule has 0 bridgehead atoms. The summed E-state index contributed by atoms with van der Waals surface area (Å²) in [5.74, 6) is -1.22. The van der Waals surface area contributed by atoms with E-state index in [-0.39, 0.29) is 5.92 Å². The average molecular weight is 299 g/mol. The van der Waals surface area contributed by atoms with Crippen molar-refractivity contribution in [2.24, 2.45) is 5.92 Å². The van der Waals surface area contributed by atoms with Gasteiger partial charge in [-0.05, 0) is 23.6 Å². The van der Waals surface area contributed by atoms with E-state index in [2.05, 4.69) is 5.32 Å².